The molecular formula is C11H16N4O2. The minimum atomic E-state index is -0.591. The normalized spacial score (nSPS) is 10.8. The molecule has 1 aromatic rings. The summed E-state index contributed by atoms with van der Waals surface area (Å²) < 4.78 is 5.09. The molecule has 0 bridgehead atoms. The number of nitrogens with one attached hydrogen (secondary N) is 2. The molecule has 0 aromatic carbocycles. The molecule has 0 saturated carbocycles. The van der Waals surface area contributed by atoms with E-state index < -0.39 is 11.7 Å². The van der Waals surface area contributed by atoms with Crippen molar-refractivity contribution in [2.75, 3.05) is 11.1 Å². The van der Waals surface area contributed by atoms with E-state index in [0.29, 0.717) is 11.3 Å². The molecule has 0 unspecified atom stereocenters. The van der Waals surface area contributed by atoms with Gasteiger partial charge in [0.1, 0.15) is 11.4 Å². The van der Waals surface area contributed by atoms with Crippen molar-refractivity contribution in [1.82, 2.24) is 4.98 Å². The average Bonchev–Trinajstić information content (AvgIpc) is 2.14. The van der Waals surface area contributed by atoms with Crippen molar-refractivity contribution >= 4 is 23.8 Å². The zero-order valence-electron chi connectivity index (χ0n) is 10.1. The predicted molar refractivity (Wildman–Crippen MR) is 66.4 cm³/mol. The van der Waals surface area contributed by atoms with Crippen LogP contribution in [-0.2, 0) is 4.74 Å². The Morgan fingerprint density at radius 2 is 2.24 bits per heavy atom. The largest absolute Gasteiger partial charge is 0.444 e. The van der Waals surface area contributed by atoms with Gasteiger partial charge in [0.25, 0.3) is 0 Å². The summed E-state index contributed by atoms with van der Waals surface area (Å²) in [7, 11) is 0. The first-order valence-corrected chi connectivity index (χ1v) is 5.08. The maximum atomic E-state index is 11.5. The molecule has 92 valence electrons. The Bertz CT molecular complexity index is 438. The zero-order chi connectivity index (χ0) is 13.1. The topological polar surface area (TPSA) is 101 Å². The van der Waals surface area contributed by atoms with Crippen LogP contribution in [-0.4, -0.2) is 22.9 Å². The lowest BCUT2D eigenvalue weighted by Crippen LogP contribution is -2.27. The summed E-state index contributed by atoms with van der Waals surface area (Å²) in [6.07, 6.45) is 1.90. The highest BCUT2D eigenvalue weighted by Crippen LogP contribution is 2.16. The Morgan fingerprint density at radius 1 is 1.59 bits per heavy atom. The quantitative estimate of drug-likeness (QED) is 0.683. The van der Waals surface area contributed by atoms with Crippen LogP contribution in [0.5, 0.6) is 0 Å². The van der Waals surface area contributed by atoms with E-state index in [-0.39, 0.29) is 5.82 Å². The van der Waals surface area contributed by atoms with Gasteiger partial charge in [-0.25, -0.2) is 9.78 Å². The fourth-order valence-corrected chi connectivity index (χ4v) is 1.12. The number of hydrogen-bond donors (Lipinski definition) is 3. The molecule has 0 aliphatic rings. The minimum Gasteiger partial charge on any atom is -0.444 e. The van der Waals surface area contributed by atoms with Gasteiger partial charge in [-0.1, -0.05) is 0 Å². The predicted octanol–water partition coefficient (Wildman–Crippen LogP) is 2.01. The first-order chi connectivity index (χ1) is 7.81. The molecule has 1 aromatic heterocycles. The van der Waals surface area contributed by atoms with Gasteiger partial charge in [-0.3, -0.25) is 5.32 Å². The number of rotatable bonds is 2. The highest BCUT2D eigenvalue weighted by atomic mass is 16.6. The van der Waals surface area contributed by atoms with Crippen molar-refractivity contribution in [2.24, 2.45) is 0 Å². The minimum absolute atomic E-state index is 0.265. The van der Waals surface area contributed by atoms with Crippen LogP contribution in [0.1, 0.15) is 26.3 Å². The molecule has 1 rings (SSSR count). The Morgan fingerprint density at radius 3 is 2.76 bits per heavy atom. The third-order valence-electron chi connectivity index (χ3n) is 1.75. The summed E-state index contributed by atoms with van der Waals surface area (Å²) >= 11 is 0. The second kappa shape index (κ2) is 4.82. The Kier molecular flexibility index (Phi) is 3.67. The number of nitrogens with two attached hydrogens (primary N) is 1. The Hall–Kier alpha value is -2.11. The first kappa shape index (κ1) is 13.0. The number of amides is 1. The summed E-state index contributed by atoms with van der Waals surface area (Å²) in [6, 6.07) is 1.48. The first-order valence-electron chi connectivity index (χ1n) is 5.08. The van der Waals surface area contributed by atoms with Crippen molar-refractivity contribution in [3.8, 4) is 0 Å². The van der Waals surface area contributed by atoms with Crippen LogP contribution < -0.4 is 11.1 Å². The molecule has 0 aliphatic carbocycles. The van der Waals surface area contributed by atoms with E-state index in [1.54, 1.807) is 20.8 Å². The molecule has 6 nitrogen and oxygen atoms in total. The molecule has 0 spiro atoms. The van der Waals surface area contributed by atoms with E-state index in [1.807, 2.05) is 0 Å². The third kappa shape index (κ3) is 4.10. The lowest BCUT2D eigenvalue weighted by atomic mass is 10.2. The summed E-state index contributed by atoms with van der Waals surface area (Å²) in [5.41, 5.74) is 5.80. The molecule has 17 heavy (non-hydrogen) atoms. The van der Waals surface area contributed by atoms with Crippen LogP contribution in [0.25, 0.3) is 0 Å². The van der Waals surface area contributed by atoms with E-state index in [1.165, 1.54) is 12.3 Å². The van der Waals surface area contributed by atoms with Crippen molar-refractivity contribution in [3.63, 3.8) is 0 Å². The Labute approximate surface area is 99.7 Å². The number of carbonyl (C=O) groups is 1. The van der Waals surface area contributed by atoms with Crippen molar-refractivity contribution in [2.45, 2.75) is 26.4 Å². The van der Waals surface area contributed by atoms with Crippen LogP contribution in [0, 0.1) is 5.41 Å². The van der Waals surface area contributed by atoms with E-state index in [2.05, 4.69) is 10.3 Å². The van der Waals surface area contributed by atoms with Gasteiger partial charge in [0.05, 0.1) is 5.69 Å². The number of aromatic nitrogens is 1. The molecular weight excluding hydrogens is 220 g/mol. The highest BCUT2D eigenvalue weighted by molar-refractivity contribution is 5.94. The van der Waals surface area contributed by atoms with Crippen LogP contribution >= 0.6 is 0 Å². The lowest BCUT2D eigenvalue weighted by Gasteiger charge is -2.20. The zero-order valence-corrected chi connectivity index (χ0v) is 10.1. The van der Waals surface area contributed by atoms with E-state index in [0.717, 1.165) is 6.21 Å². The summed E-state index contributed by atoms with van der Waals surface area (Å²) in [5.74, 6) is 0.265. The smallest absolute Gasteiger partial charge is 0.412 e. The SMILES string of the molecule is CC(C)(C)OC(=O)Nc1cc(N)ncc1C=N. The summed E-state index contributed by atoms with van der Waals surface area (Å²) in [4.78, 5) is 15.4. The number of hydrogen-bond acceptors (Lipinski definition) is 5. The summed E-state index contributed by atoms with van der Waals surface area (Å²) in [6.45, 7) is 5.31. The molecule has 0 radical (unpaired) electrons. The number of nitrogen functional groups attached to an aromatic ring is 1. The molecule has 0 aliphatic heterocycles. The van der Waals surface area contributed by atoms with Crippen molar-refractivity contribution in [3.05, 3.63) is 17.8 Å². The standard InChI is InChI=1S/C11H16N4O2/c1-11(2,3)17-10(16)15-8-4-9(13)14-6-7(8)5-12/h4-6,12H,1-3H3,(H3,13,14,15,16). The second-order valence-electron chi connectivity index (χ2n) is 4.47. The van der Waals surface area contributed by atoms with Gasteiger partial charge in [-0.05, 0) is 20.8 Å². The van der Waals surface area contributed by atoms with Crippen LogP contribution in [0.4, 0.5) is 16.3 Å². The fraction of sp³-hybridized carbons (Fsp3) is 0.364. The van der Waals surface area contributed by atoms with Gasteiger partial charge in [0, 0.05) is 24.0 Å². The Balaban J connectivity index is 2.84. The van der Waals surface area contributed by atoms with Crippen LogP contribution in [0.2, 0.25) is 0 Å². The van der Waals surface area contributed by atoms with Gasteiger partial charge in [0.15, 0.2) is 0 Å². The van der Waals surface area contributed by atoms with Crippen molar-refractivity contribution in [1.29, 1.82) is 5.41 Å². The maximum Gasteiger partial charge on any atom is 0.412 e. The molecule has 1 amide bonds. The maximum absolute atomic E-state index is 11.5. The molecule has 6 heteroatoms. The van der Waals surface area contributed by atoms with Gasteiger partial charge >= 0.3 is 6.09 Å². The van der Waals surface area contributed by atoms with Gasteiger partial charge < -0.3 is 15.9 Å². The number of nitrogens with zero attached hydrogens (tertiary/aromatic N) is 1. The molecule has 4 N–H and O–H groups in total. The van der Waals surface area contributed by atoms with Gasteiger partial charge in [0.2, 0.25) is 0 Å². The monoisotopic (exact) mass is 236 g/mol. The average molecular weight is 236 g/mol. The molecule has 0 fully saturated rings. The van der Waals surface area contributed by atoms with Gasteiger partial charge in [-0.15, -0.1) is 0 Å². The van der Waals surface area contributed by atoms with Crippen LogP contribution in [0.3, 0.4) is 0 Å². The molecule has 0 saturated heterocycles. The van der Waals surface area contributed by atoms with E-state index >= 15 is 0 Å². The number of anilines is 2. The number of carbonyl (C=O) groups excluding carboxylic acids is 1. The molecule has 0 atom stereocenters. The third-order valence-corrected chi connectivity index (χ3v) is 1.75. The lowest BCUT2D eigenvalue weighted by molar-refractivity contribution is 0.0636. The van der Waals surface area contributed by atoms with Crippen LogP contribution in [0.15, 0.2) is 12.3 Å². The number of ether oxygens (including phenoxy) is 1. The fourth-order valence-electron chi connectivity index (χ4n) is 1.12. The summed E-state index contributed by atoms with van der Waals surface area (Å²) in [5, 5.41) is 9.71. The van der Waals surface area contributed by atoms with E-state index in [9.17, 15) is 4.79 Å². The molecule has 1 heterocycles. The number of pyridine rings is 1. The van der Waals surface area contributed by atoms with Gasteiger partial charge in [-0.2, -0.15) is 0 Å². The second-order valence-corrected chi connectivity index (χ2v) is 4.47. The van der Waals surface area contributed by atoms with Crippen molar-refractivity contribution < 1.29 is 9.53 Å². The highest BCUT2D eigenvalue weighted by Gasteiger charge is 2.17. The van der Waals surface area contributed by atoms with E-state index in [4.69, 9.17) is 15.9 Å².